The fraction of sp³-hybridized carbons (Fsp3) is 0.417. The molecule has 0 atom stereocenters. The Balaban J connectivity index is 2.71. The molecule has 6 nitrogen and oxygen atoms in total. The molecule has 20 heavy (non-hydrogen) atoms. The maximum atomic E-state index is 11.7. The van der Waals surface area contributed by atoms with Crippen molar-refractivity contribution >= 4 is 34.9 Å². The van der Waals surface area contributed by atoms with Crippen molar-refractivity contribution in [3.63, 3.8) is 0 Å². The average molecular weight is 322 g/mol. The number of esters is 1. The van der Waals surface area contributed by atoms with Crippen molar-refractivity contribution in [2.75, 3.05) is 19.8 Å². The second kappa shape index (κ2) is 8.04. The van der Waals surface area contributed by atoms with Crippen LogP contribution in [-0.4, -0.2) is 30.7 Å². The summed E-state index contributed by atoms with van der Waals surface area (Å²) in [5, 5.41) is 10.5. The zero-order chi connectivity index (χ0) is 15.1. The third kappa shape index (κ3) is 4.63. The molecule has 0 fully saturated rings. The normalized spacial score (nSPS) is 10.3. The van der Waals surface area contributed by atoms with Crippen molar-refractivity contribution in [1.82, 2.24) is 0 Å². The molecule has 1 aromatic rings. The highest BCUT2D eigenvalue weighted by molar-refractivity contribution is 6.43. The first-order chi connectivity index (χ1) is 9.47. The molecule has 0 aliphatic heterocycles. The Morgan fingerprint density at radius 2 is 2.00 bits per heavy atom. The van der Waals surface area contributed by atoms with E-state index in [0.717, 1.165) is 12.5 Å². The molecule has 0 N–H and O–H groups in total. The summed E-state index contributed by atoms with van der Waals surface area (Å²) in [5.74, 6) is -0.716. The number of hydrogen-bond donors (Lipinski definition) is 0. The molecule has 8 heteroatoms. The quantitative estimate of drug-likeness (QED) is 0.332. The van der Waals surface area contributed by atoms with Gasteiger partial charge >= 0.3 is 5.97 Å². The van der Waals surface area contributed by atoms with Crippen LogP contribution in [0, 0.1) is 10.1 Å². The molecule has 110 valence electrons. The van der Waals surface area contributed by atoms with Crippen molar-refractivity contribution < 1.29 is 19.2 Å². The molecule has 1 aromatic carbocycles. The number of carbonyl (C=O) groups excluding carboxylic acids is 1. The summed E-state index contributed by atoms with van der Waals surface area (Å²) in [6.45, 7) is 2.87. The number of ether oxygens (including phenoxy) is 2. The second-order valence-electron chi connectivity index (χ2n) is 3.80. The van der Waals surface area contributed by atoms with Gasteiger partial charge in [0.25, 0.3) is 5.69 Å². The highest BCUT2D eigenvalue weighted by Crippen LogP contribution is 2.33. The van der Waals surface area contributed by atoms with Crippen molar-refractivity contribution in [2.24, 2.45) is 0 Å². The minimum atomic E-state index is -0.716. The van der Waals surface area contributed by atoms with Crippen LogP contribution >= 0.6 is 23.2 Å². The predicted molar refractivity (Wildman–Crippen MR) is 74.5 cm³/mol. The summed E-state index contributed by atoms with van der Waals surface area (Å²) in [6.07, 6.45) is 0.868. The summed E-state index contributed by atoms with van der Waals surface area (Å²) in [6, 6.07) is 2.26. The van der Waals surface area contributed by atoms with Crippen molar-refractivity contribution in [1.29, 1.82) is 0 Å². The van der Waals surface area contributed by atoms with Gasteiger partial charge in [-0.05, 0) is 12.5 Å². The number of halogens is 2. The summed E-state index contributed by atoms with van der Waals surface area (Å²) < 4.78 is 10.1. The Labute approximate surface area is 125 Å². The van der Waals surface area contributed by atoms with Crippen LogP contribution in [0.5, 0.6) is 0 Å². The van der Waals surface area contributed by atoms with Crippen LogP contribution in [0.4, 0.5) is 5.69 Å². The van der Waals surface area contributed by atoms with Crippen LogP contribution in [0.3, 0.4) is 0 Å². The fourth-order valence-corrected chi connectivity index (χ4v) is 1.74. The molecule has 0 heterocycles. The molecular weight excluding hydrogens is 309 g/mol. The van der Waals surface area contributed by atoms with E-state index in [4.69, 9.17) is 32.7 Å². The summed E-state index contributed by atoms with van der Waals surface area (Å²) >= 11 is 11.4. The van der Waals surface area contributed by atoms with Crippen LogP contribution < -0.4 is 0 Å². The lowest BCUT2D eigenvalue weighted by molar-refractivity contribution is -0.384. The number of benzene rings is 1. The molecule has 0 amide bonds. The molecule has 0 spiro atoms. The zero-order valence-corrected chi connectivity index (χ0v) is 12.2. The van der Waals surface area contributed by atoms with Crippen molar-refractivity contribution in [3.05, 3.63) is 37.9 Å². The van der Waals surface area contributed by atoms with Gasteiger partial charge in [0.1, 0.15) is 11.6 Å². The highest BCUT2D eigenvalue weighted by Gasteiger charge is 2.20. The van der Waals surface area contributed by atoms with Crippen molar-refractivity contribution in [2.45, 2.75) is 13.3 Å². The average Bonchev–Trinajstić information content (AvgIpc) is 2.40. The molecule has 1 rings (SSSR count). The van der Waals surface area contributed by atoms with E-state index in [1.807, 2.05) is 6.92 Å². The molecule has 0 radical (unpaired) electrons. The number of nitro groups is 1. The first kappa shape index (κ1) is 16.7. The lowest BCUT2D eigenvalue weighted by Gasteiger charge is -2.06. The van der Waals surface area contributed by atoms with Crippen molar-refractivity contribution in [3.8, 4) is 0 Å². The van der Waals surface area contributed by atoms with Gasteiger partial charge in [0, 0.05) is 12.7 Å². The van der Waals surface area contributed by atoms with E-state index in [9.17, 15) is 14.9 Å². The van der Waals surface area contributed by atoms with E-state index in [1.54, 1.807) is 0 Å². The molecule has 0 aromatic heterocycles. The smallest absolute Gasteiger partial charge is 0.338 e. The highest BCUT2D eigenvalue weighted by atomic mass is 35.5. The number of hydrogen-bond acceptors (Lipinski definition) is 5. The number of rotatable bonds is 7. The predicted octanol–water partition coefficient (Wildman–Crippen LogP) is 3.49. The molecule has 0 aliphatic carbocycles. The van der Waals surface area contributed by atoms with Gasteiger partial charge in [-0.2, -0.15) is 0 Å². The van der Waals surface area contributed by atoms with Gasteiger partial charge in [0.2, 0.25) is 0 Å². The topological polar surface area (TPSA) is 78.7 Å². The third-order valence-electron chi connectivity index (χ3n) is 2.25. The van der Waals surface area contributed by atoms with Gasteiger partial charge in [-0.1, -0.05) is 30.1 Å². The van der Waals surface area contributed by atoms with Crippen LogP contribution in [0.1, 0.15) is 23.7 Å². The van der Waals surface area contributed by atoms with E-state index in [2.05, 4.69) is 0 Å². The van der Waals surface area contributed by atoms with Crippen LogP contribution in [0.25, 0.3) is 0 Å². The van der Waals surface area contributed by atoms with Gasteiger partial charge in [-0.25, -0.2) is 4.79 Å². The maximum absolute atomic E-state index is 11.7. The van der Waals surface area contributed by atoms with E-state index < -0.39 is 16.6 Å². The fourth-order valence-electron chi connectivity index (χ4n) is 1.35. The van der Waals surface area contributed by atoms with Gasteiger partial charge in [-0.15, -0.1) is 0 Å². The SMILES string of the molecule is CCCOCCOC(=O)c1cc(Cl)c(Cl)c([N+](=O)[O-])c1. The molecule has 0 saturated carbocycles. The Morgan fingerprint density at radius 1 is 1.30 bits per heavy atom. The summed E-state index contributed by atoms with van der Waals surface area (Å²) in [7, 11) is 0. The van der Waals surface area contributed by atoms with E-state index in [-0.39, 0.29) is 28.8 Å². The first-order valence-electron chi connectivity index (χ1n) is 5.85. The Bertz CT molecular complexity index is 507. The zero-order valence-electron chi connectivity index (χ0n) is 10.7. The summed E-state index contributed by atoms with van der Waals surface area (Å²) in [5.41, 5.74) is -0.463. The molecule has 0 saturated heterocycles. The molecular formula is C12H13Cl2NO5. The minimum absolute atomic E-state index is 0.0263. The number of nitro benzene ring substituents is 1. The summed E-state index contributed by atoms with van der Waals surface area (Å²) in [4.78, 5) is 21.8. The van der Waals surface area contributed by atoms with Crippen LogP contribution in [0.2, 0.25) is 10.0 Å². The monoisotopic (exact) mass is 321 g/mol. The molecule has 0 aliphatic rings. The number of nitrogens with zero attached hydrogens (tertiary/aromatic N) is 1. The van der Waals surface area contributed by atoms with Crippen LogP contribution in [0.15, 0.2) is 12.1 Å². The third-order valence-corrected chi connectivity index (χ3v) is 3.04. The lowest BCUT2D eigenvalue weighted by atomic mass is 10.2. The largest absolute Gasteiger partial charge is 0.460 e. The van der Waals surface area contributed by atoms with Gasteiger partial charge in [0.05, 0.1) is 22.1 Å². The van der Waals surface area contributed by atoms with E-state index in [1.165, 1.54) is 6.07 Å². The molecule has 0 bridgehead atoms. The van der Waals surface area contributed by atoms with Gasteiger partial charge in [0.15, 0.2) is 0 Å². The van der Waals surface area contributed by atoms with E-state index >= 15 is 0 Å². The van der Waals surface area contributed by atoms with Gasteiger partial charge < -0.3 is 9.47 Å². The van der Waals surface area contributed by atoms with Gasteiger partial charge in [-0.3, -0.25) is 10.1 Å². The first-order valence-corrected chi connectivity index (χ1v) is 6.61. The van der Waals surface area contributed by atoms with E-state index in [0.29, 0.717) is 6.61 Å². The Morgan fingerprint density at radius 3 is 2.60 bits per heavy atom. The lowest BCUT2D eigenvalue weighted by Crippen LogP contribution is -2.11. The molecule has 0 unspecified atom stereocenters. The second-order valence-corrected chi connectivity index (χ2v) is 4.58. The maximum Gasteiger partial charge on any atom is 0.338 e. The Kier molecular flexibility index (Phi) is 6.70. The minimum Gasteiger partial charge on any atom is -0.460 e. The number of carbonyl (C=O) groups is 1. The Hall–Kier alpha value is -1.37. The van der Waals surface area contributed by atoms with Crippen LogP contribution in [-0.2, 0) is 9.47 Å². The standard InChI is InChI=1S/C12H13Cl2NO5/c1-2-3-19-4-5-20-12(16)8-6-9(13)11(14)10(7-8)15(17)18/h6-7H,2-5H2,1H3.